The van der Waals surface area contributed by atoms with Crippen LogP contribution in [0.3, 0.4) is 0 Å². The molecule has 7 nitrogen and oxygen atoms in total. The summed E-state index contributed by atoms with van der Waals surface area (Å²) in [5, 5.41) is 11.6. The van der Waals surface area contributed by atoms with Gasteiger partial charge in [-0.05, 0) is 50.1 Å². The first kappa shape index (κ1) is 16.7. The van der Waals surface area contributed by atoms with Crippen LogP contribution in [-0.4, -0.2) is 40.8 Å². The zero-order valence-electron chi connectivity index (χ0n) is 14.4. The molecule has 1 aliphatic rings. The van der Waals surface area contributed by atoms with Crippen LogP contribution in [0.4, 0.5) is 10.9 Å². The molecule has 4 rings (SSSR count). The summed E-state index contributed by atoms with van der Waals surface area (Å²) in [5.41, 5.74) is 1.10. The first-order valence-corrected chi connectivity index (χ1v) is 9.48. The average molecular weight is 369 g/mol. The van der Waals surface area contributed by atoms with Crippen molar-refractivity contribution in [1.82, 2.24) is 15.2 Å². The molecule has 8 heteroatoms. The molecule has 134 valence electrons. The monoisotopic (exact) mass is 369 g/mol. The van der Waals surface area contributed by atoms with Gasteiger partial charge in [-0.15, -0.1) is 10.2 Å². The van der Waals surface area contributed by atoms with Crippen molar-refractivity contribution in [2.45, 2.75) is 19.8 Å². The topological polar surface area (TPSA) is 80.2 Å². The number of aromatic nitrogens is 3. The fourth-order valence-electron chi connectivity index (χ4n) is 2.94. The molecule has 0 aliphatic carbocycles. The lowest BCUT2D eigenvalue weighted by Gasteiger charge is -2.14. The number of rotatable bonds is 5. The lowest BCUT2D eigenvalue weighted by Crippen LogP contribution is -2.20. The van der Waals surface area contributed by atoms with E-state index in [1.165, 1.54) is 24.2 Å². The zero-order valence-corrected chi connectivity index (χ0v) is 15.3. The summed E-state index contributed by atoms with van der Waals surface area (Å²) >= 11 is 1.40. The van der Waals surface area contributed by atoms with Gasteiger partial charge in [0.15, 0.2) is 16.6 Å². The van der Waals surface area contributed by atoms with Gasteiger partial charge in [-0.1, -0.05) is 11.3 Å². The summed E-state index contributed by atoms with van der Waals surface area (Å²) in [6.07, 6.45) is 2.35. The Morgan fingerprint density at radius 2 is 2.08 bits per heavy atom. The third-order valence-electron chi connectivity index (χ3n) is 4.20. The van der Waals surface area contributed by atoms with Gasteiger partial charge in [-0.3, -0.25) is 10.1 Å². The molecular weight excluding hydrogens is 350 g/mol. The summed E-state index contributed by atoms with van der Waals surface area (Å²) in [7, 11) is 0. The molecule has 1 aromatic carbocycles. The standard InChI is InChI=1S/C18H19N5O2S/c1-2-25-12-5-6-13-15(11-12)26-18(19-13)20-17(24)14-7-8-16(22-21-14)23-9-3-4-10-23/h5-8,11H,2-4,9-10H2,1H3,(H,19,20,24). The summed E-state index contributed by atoms with van der Waals surface area (Å²) in [5.74, 6) is 1.31. The van der Waals surface area contributed by atoms with E-state index < -0.39 is 0 Å². The second-order valence-electron chi connectivity index (χ2n) is 6.01. The van der Waals surface area contributed by atoms with Crippen molar-refractivity contribution in [2.24, 2.45) is 0 Å². The van der Waals surface area contributed by atoms with E-state index in [0.29, 0.717) is 11.7 Å². The van der Waals surface area contributed by atoms with E-state index >= 15 is 0 Å². The van der Waals surface area contributed by atoms with E-state index in [0.717, 1.165) is 34.9 Å². The smallest absolute Gasteiger partial charge is 0.277 e. The highest BCUT2D eigenvalue weighted by atomic mass is 32.1. The van der Waals surface area contributed by atoms with Crippen molar-refractivity contribution >= 4 is 38.4 Å². The van der Waals surface area contributed by atoms with Gasteiger partial charge in [-0.25, -0.2) is 4.98 Å². The van der Waals surface area contributed by atoms with Gasteiger partial charge in [0.2, 0.25) is 0 Å². The highest BCUT2D eigenvalue weighted by Gasteiger charge is 2.16. The van der Waals surface area contributed by atoms with Gasteiger partial charge >= 0.3 is 0 Å². The van der Waals surface area contributed by atoms with Crippen LogP contribution in [0.5, 0.6) is 5.75 Å². The lowest BCUT2D eigenvalue weighted by molar-refractivity contribution is 0.102. The maximum absolute atomic E-state index is 12.4. The Labute approximate surface area is 155 Å². The summed E-state index contributed by atoms with van der Waals surface area (Å²) in [6, 6.07) is 9.24. The molecule has 0 unspecified atom stereocenters. The Morgan fingerprint density at radius 3 is 2.81 bits per heavy atom. The minimum absolute atomic E-state index is 0.280. The third kappa shape index (κ3) is 3.45. The van der Waals surface area contributed by atoms with Crippen molar-refractivity contribution in [3.63, 3.8) is 0 Å². The molecule has 0 saturated carbocycles. The molecule has 0 atom stereocenters. The lowest BCUT2D eigenvalue weighted by atomic mass is 10.3. The number of thiazole rings is 1. The van der Waals surface area contributed by atoms with Crippen LogP contribution in [0.1, 0.15) is 30.3 Å². The molecule has 3 heterocycles. The average Bonchev–Trinajstić information content (AvgIpc) is 3.31. The van der Waals surface area contributed by atoms with Crippen LogP contribution in [0.15, 0.2) is 30.3 Å². The van der Waals surface area contributed by atoms with E-state index in [-0.39, 0.29) is 11.6 Å². The van der Waals surface area contributed by atoms with Gasteiger partial charge in [0.1, 0.15) is 5.75 Å². The molecule has 26 heavy (non-hydrogen) atoms. The van der Waals surface area contributed by atoms with Crippen LogP contribution in [0.2, 0.25) is 0 Å². The van der Waals surface area contributed by atoms with Gasteiger partial charge in [-0.2, -0.15) is 0 Å². The minimum Gasteiger partial charge on any atom is -0.494 e. The number of benzene rings is 1. The fourth-order valence-corrected chi connectivity index (χ4v) is 3.83. The van der Waals surface area contributed by atoms with E-state index in [4.69, 9.17) is 4.74 Å². The van der Waals surface area contributed by atoms with E-state index in [9.17, 15) is 4.79 Å². The molecular formula is C18H19N5O2S. The number of ether oxygens (including phenoxy) is 1. The summed E-state index contributed by atoms with van der Waals surface area (Å²) in [6.45, 7) is 4.55. The molecule has 1 saturated heterocycles. The van der Waals surface area contributed by atoms with Crippen LogP contribution < -0.4 is 15.0 Å². The molecule has 1 amide bonds. The normalized spacial score (nSPS) is 14.0. The Hall–Kier alpha value is -2.74. The summed E-state index contributed by atoms with van der Waals surface area (Å²) < 4.78 is 6.46. The van der Waals surface area contributed by atoms with Gasteiger partial charge in [0.25, 0.3) is 5.91 Å². The van der Waals surface area contributed by atoms with Crippen LogP contribution in [0.25, 0.3) is 10.2 Å². The van der Waals surface area contributed by atoms with E-state index in [2.05, 4.69) is 25.4 Å². The molecule has 0 spiro atoms. The predicted octanol–water partition coefficient (Wildman–Crippen LogP) is 3.34. The second-order valence-corrected chi connectivity index (χ2v) is 7.04. The molecule has 3 aromatic rings. The van der Waals surface area contributed by atoms with Crippen molar-refractivity contribution in [2.75, 3.05) is 29.9 Å². The van der Waals surface area contributed by atoms with Gasteiger partial charge in [0.05, 0.1) is 16.8 Å². The van der Waals surface area contributed by atoms with Crippen LogP contribution >= 0.6 is 11.3 Å². The number of amides is 1. The first-order valence-electron chi connectivity index (χ1n) is 8.66. The second kappa shape index (κ2) is 7.25. The molecule has 0 bridgehead atoms. The van der Waals surface area contributed by atoms with Crippen molar-refractivity contribution in [3.05, 3.63) is 36.0 Å². The maximum atomic E-state index is 12.4. The molecule has 0 radical (unpaired) electrons. The first-order chi connectivity index (χ1) is 12.7. The molecule has 2 aromatic heterocycles. The molecule has 1 N–H and O–H groups in total. The van der Waals surface area contributed by atoms with E-state index in [1.807, 2.05) is 31.2 Å². The predicted molar refractivity (Wildman–Crippen MR) is 102 cm³/mol. The Balaban J connectivity index is 1.47. The fraction of sp³-hybridized carbons (Fsp3) is 0.333. The number of fused-ring (bicyclic) bond motifs is 1. The maximum Gasteiger partial charge on any atom is 0.277 e. The van der Waals surface area contributed by atoms with Gasteiger partial charge < -0.3 is 9.64 Å². The number of hydrogen-bond donors (Lipinski definition) is 1. The Kier molecular flexibility index (Phi) is 4.66. The SMILES string of the molecule is CCOc1ccc2nc(NC(=O)c3ccc(N4CCCC4)nn3)sc2c1. The van der Waals surface area contributed by atoms with Crippen LogP contribution in [0, 0.1) is 0 Å². The number of carbonyl (C=O) groups is 1. The third-order valence-corrected chi connectivity index (χ3v) is 5.14. The van der Waals surface area contributed by atoms with Crippen molar-refractivity contribution in [1.29, 1.82) is 0 Å². The number of carbonyl (C=O) groups excluding carboxylic acids is 1. The van der Waals surface area contributed by atoms with Gasteiger partial charge in [0, 0.05) is 13.1 Å². The van der Waals surface area contributed by atoms with Crippen LogP contribution in [-0.2, 0) is 0 Å². The highest BCUT2D eigenvalue weighted by Crippen LogP contribution is 2.29. The quantitative estimate of drug-likeness (QED) is 0.743. The van der Waals surface area contributed by atoms with E-state index in [1.54, 1.807) is 6.07 Å². The minimum atomic E-state index is -0.311. The molecule has 1 fully saturated rings. The van der Waals surface area contributed by atoms with Crippen molar-refractivity contribution in [3.8, 4) is 5.75 Å². The highest BCUT2D eigenvalue weighted by molar-refractivity contribution is 7.22. The zero-order chi connectivity index (χ0) is 17.9. The Morgan fingerprint density at radius 1 is 1.23 bits per heavy atom. The van der Waals surface area contributed by atoms with Crippen molar-refractivity contribution < 1.29 is 9.53 Å². The summed E-state index contributed by atoms with van der Waals surface area (Å²) in [4.78, 5) is 19.0. The largest absolute Gasteiger partial charge is 0.494 e. The Bertz CT molecular complexity index is 919. The molecule has 1 aliphatic heterocycles. The number of nitrogens with one attached hydrogen (secondary N) is 1. The number of anilines is 2. The number of nitrogens with zero attached hydrogens (tertiary/aromatic N) is 4. The number of hydrogen-bond acceptors (Lipinski definition) is 7.